The smallest absolute Gasteiger partial charge is 0.324 e. The zero-order valence-electron chi connectivity index (χ0n) is 19.1. The third-order valence-electron chi connectivity index (χ3n) is 6.62. The zero-order valence-corrected chi connectivity index (χ0v) is 19.1. The summed E-state index contributed by atoms with van der Waals surface area (Å²) in [6.07, 6.45) is 4.36. The van der Waals surface area contributed by atoms with Crippen LogP contribution >= 0.6 is 0 Å². The number of aliphatic hydroxyl groups is 1. The number of aryl methyl sites for hydroxylation is 1. The minimum Gasteiger partial charge on any atom is -0.391 e. The molecule has 2 aromatic heterocycles. The maximum atomic E-state index is 14.5. The second-order valence-corrected chi connectivity index (χ2v) is 9.01. The molecule has 2 aliphatic heterocycles. The number of carbonyl (C=O) groups is 1. The number of amides is 2. The Morgan fingerprint density at radius 1 is 1.24 bits per heavy atom. The van der Waals surface area contributed by atoms with Gasteiger partial charge in [-0.1, -0.05) is 16.5 Å². The predicted molar refractivity (Wildman–Crippen MR) is 123 cm³/mol. The van der Waals surface area contributed by atoms with E-state index in [9.17, 15) is 18.7 Å². The summed E-state index contributed by atoms with van der Waals surface area (Å²) in [4.78, 5) is 16.4. The van der Waals surface area contributed by atoms with E-state index in [4.69, 9.17) is 5.10 Å². The van der Waals surface area contributed by atoms with Crippen LogP contribution in [0.4, 0.5) is 25.2 Å². The van der Waals surface area contributed by atoms with E-state index in [1.807, 2.05) is 27.8 Å². The highest BCUT2D eigenvalue weighted by atomic mass is 19.1. The Kier molecular flexibility index (Phi) is 6.07. The molecule has 0 radical (unpaired) electrons. The summed E-state index contributed by atoms with van der Waals surface area (Å²) >= 11 is 0. The molecule has 2 unspecified atom stereocenters. The van der Waals surface area contributed by atoms with E-state index < -0.39 is 17.7 Å². The standard InChI is InChI=1S/C24H28F2N6O2/c1-2-10-29-15-22(27-24(34)30-12-9-17(33)14-30)32-23(29)8-7-21(28-32)31-11-3-4-20(31)18-13-16(25)5-6-19(18)26/h5-8,13,15,17,20,33H,2-4,9-12,14H2,1H3/p+1. The van der Waals surface area contributed by atoms with Crippen molar-refractivity contribution >= 4 is 23.3 Å². The highest BCUT2D eigenvalue weighted by molar-refractivity contribution is 5.88. The van der Waals surface area contributed by atoms with Crippen LogP contribution in [-0.2, 0) is 6.54 Å². The van der Waals surface area contributed by atoms with Crippen molar-refractivity contribution in [2.75, 3.05) is 29.9 Å². The van der Waals surface area contributed by atoms with Crippen LogP contribution in [-0.4, -0.2) is 51.4 Å². The third kappa shape index (κ3) is 4.18. The Morgan fingerprint density at radius 2 is 2.09 bits per heavy atom. The normalized spacial score (nSPS) is 20.5. The number of rotatable bonds is 5. The monoisotopic (exact) mass is 471 g/mol. The number of nitrogens with zero attached hydrogens (tertiary/aromatic N) is 5. The molecule has 2 aliphatic rings. The van der Waals surface area contributed by atoms with Crippen LogP contribution in [0.2, 0.25) is 0 Å². The first-order valence-corrected chi connectivity index (χ1v) is 11.8. The number of nitrogens with one attached hydrogen (secondary N) is 1. The number of urea groups is 1. The molecule has 0 aliphatic carbocycles. The van der Waals surface area contributed by atoms with Crippen LogP contribution in [0.15, 0.2) is 36.5 Å². The van der Waals surface area contributed by atoms with Gasteiger partial charge in [-0.15, -0.1) is 0 Å². The summed E-state index contributed by atoms with van der Waals surface area (Å²) in [6.45, 7) is 4.30. The summed E-state index contributed by atoms with van der Waals surface area (Å²) in [5.74, 6) is 0.256. The van der Waals surface area contributed by atoms with E-state index in [1.165, 1.54) is 12.1 Å². The lowest BCUT2D eigenvalue weighted by Gasteiger charge is -2.25. The van der Waals surface area contributed by atoms with Gasteiger partial charge >= 0.3 is 11.7 Å². The number of fused-ring (bicyclic) bond motifs is 1. The molecule has 34 heavy (non-hydrogen) atoms. The number of carbonyl (C=O) groups excluding carboxylic acids is 1. The predicted octanol–water partition coefficient (Wildman–Crippen LogP) is 3.25. The molecule has 180 valence electrons. The van der Waals surface area contributed by atoms with Gasteiger partial charge in [-0.25, -0.2) is 18.1 Å². The van der Waals surface area contributed by atoms with E-state index in [2.05, 4.69) is 12.2 Å². The van der Waals surface area contributed by atoms with Crippen molar-refractivity contribution in [2.45, 2.75) is 51.3 Å². The number of halogens is 2. The Labute approximate surface area is 196 Å². The van der Waals surface area contributed by atoms with Gasteiger partial charge in [0.15, 0.2) is 12.0 Å². The maximum absolute atomic E-state index is 14.5. The lowest BCUT2D eigenvalue weighted by molar-refractivity contribution is -0.670. The van der Waals surface area contributed by atoms with E-state index >= 15 is 0 Å². The first-order chi connectivity index (χ1) is 16.4. The molecule has 5 rings (SSSR count). The lowest BCUT2D eigenvalue weighted by Crippen LogP contribution is -2.34. The number of anilines is 2. The van der Waals surface area contributed by atoms with Crippen molar-refractivity contribution in [1.29, 1.82) is 0 Å². The molecule has 4 heterocycles. The highest BCUT2D eigenvalue weighted by Gasteiger charge is 2.32. The summed E-state index contributed by atoms with van der Waals surface area (Å²) < 4.78 is 32.1. The Balaban J connectivity index is 1.49. The number of aliphatic hydroxyl groups excluding tert-OH is 1. The summed E-state index contributed by atoms with van der Waals surface area (Å²) in [6, 6.07) is 6.78. The van der Waals surface area contributed by atoms with E-state index in [0.717, 1.165) is 31.1 Å². The maximum Gasteiger partial charge on any atom is 0.324 e. The van der Waals surface area contributed by atoms with E-state index in [0.29, 0.717) is 49.7 Å². The van der Waals surface area contributed by atoms with Crippen molar-refractivity contribution in [2.24, 2.45) is 0 Å². The average molecular weight is 472 g/mol. The molecule has 2 atom stereocenters. The summed E-state index contributed by atoms with van der Waals surface area (Å²) in [5.41, 5.74) is 1.14. The molecule has 0 spiro atoms. The number of imidazole rings is 1. The van der Waals surface area contributed by atoms with Crippen molar-refractivity contribution < 1.29 is 23.2 Å². The van der Waals surface area contributed by atoms with E-state index in [1.54, 1.807) is 9.42 Å². The highest BCUT2D eigenvalue weighted by Crippen LogP contribution is 2.36. The molecule has 2 saturated heterocycles. The van der Waals surface area contributed by atoms with Crippen LogP contribution in [0.1, 0.15) is 44.2 Å². The van der Waals surface area contributed by atoms with Crippen LogP contribution in [0.5, 0.6) is 0 Å². The minimum absolute atomic E-state index is 0.285. The molecular formula is C24H29F2N6O2+. The van der Waals surface area contributed by atoms with Crippen LogP contribution in [0.3, 0.4) is 0 Å². The molecule has 2 fully saturated rings. The number of aromatic nitrogens is 3. The SMILES string of the molecule is CCC[n+]1cc(NC(=O)N2CCC(O)C2)n2nc(N3CCCC3c3cc(F)ccc3F)ccc21. The number of benzene rings is 1. The van der Waals surface area contributed by atoms with Crippen molar-refractivity contribution in [3.8, 4) is 0 Å². The van der Waals surface area contributed by atoms with Crippen LogP contribution < -0.4 is 14.8 Å². The molecule has 3 aromatic rings. The number of likely N-dealkylation sites (tertiary alicyclic amines) is 1. The molecule has 2 amide bonds. The molecule has 2 N–H and O–H groups in total. The average Bonchev–Trinajstić information content (AvgIpc) is 3.55. The van der Waals surface area contributed by atoms with Gasteiger partial charge in [-0.05, 0) is 49.9 Å². The van der Waals surface area contributed by atoms with Gasteiger partial charge in [-0.2, -0.15) is 0 Å². The van der Waals surface area contributed by atoms with Gasteiger partial charge in [0.05, 0.1) is 18.7 Å². The summed E-state index contributed by atoms with van der Waals surface area (Å²) in [7, 11) is 0. The summed E-state index contributed by atoms with van der Waals surface area (Å²) in [5, 5.41) is 17.5. The molecule has 1 aromatic carbocycles. The quantitative estimate of drug-likeness (QED) is 0.560. The van der Waals surface area contributed by atoms with Crippen LogP contribution in [0.25, 0.3) is 5.65 Å². The van der Waals surface area contributed by atoms with Crippen molar-refractivity contribution in [3.63, 3.8) is 0 Å². The van der Waals surface area contributed by atoms with Gasteiger partial charge in [0.25, 0.3) is 5.82 Å². The fraction of sp³-hybridized carbons (Fsp3) is 0.458. The third-order valence-corrected chi connectivity index (χ3v) is 6.62. The van der Waals surface area contributed by atoms with Gasteiger partial charge in [-0.3, -0.25) is 5.32 Å². The largest absolute Gasteiger partial charge is 0.391 e. The minimum atomic E-state index is -0.500. The lowest BCUT2D eigenvalue weighted by atomic mass is 10.0. The molecule has 0 bridgehead atoms. The van der Waals surface area contributed by atoms with Gasteiger partial charge in [0.2, 0.25) is 0 Å². The molecule has 10 heteroatoms. The zero-order chi connectivity index (χ0) is 23.8. The fourth-order valence-electron chi connectivity index (χ4n) is 4.98. The number of hydrogen-bond acceptors (Lipinski definition) is 4. The molecule has 0 saturated carbocycles. The topological polar surface area (TPSA) is 77.0 Å². The second kappa shape index (κ2) is 9.17. The second-order valence-electron chi connectivity index (χ2n) is 9.01. The Bertz CT molecular complexity index is 1220. The number of β-amino-alcohol motifs (C(OH)–C–C–N with tert-alkyl or cyclic N) is 1. The Hall–Kier alpha value is -3.27. The van der Waals surface area contributed by atoms with Crippen molar-refractivity contribution in [3.05, 3.63) is 53.7 Å². The molecule has 8 nitrogen and oxygen atoms in total. The Morgan fingerprint density at radius 3 is 2.85 bits per heavy atom. The van der Waals surface area contributed by atoms with Gasteiger partial charge < -0.3 is 14.9 Å². The molecular weight excluding hydrogens is 442 g/mol. The fourth-order valence-corrected chi connectivity index (χ4v) is 4.98. The van der Waals surface area contributed by atoms with Crippen molar-refractivity contribution in [1.82, 2.24) is 14.5 Å². The first kappa shape index (κ1) is 22.5. The number of hydrogen-bond donors (Lipinski definition) is 2. The van der Waals surface area contributed by atoms with E-state index in [-0.39, 0.29) is 12.1 Å². The van der Waals surface area contributed by atoms with Gasteiger partial charge in [0, 0.05) is 31.3 Å². The van der Waals surface area contributed by atoms with Gasteiger partial charge in [0.1, 0.15) is 11.6 Å². The first-order valence-electron chi connectivity index (χ1n) is 11.8. The van der Waals surface area contributed by atoms with Crippen LogP contribution in [0, 0.1) is 11.6 Å².